The minimum atomic E-state index is -0.577. The van der Waals surface area contributed by atoms with Crippen LogP contribution in [0.2, 0.25) is 0 Å². The smallest absolute Gasteiger partial charge is 0.356 e. The number of pyridine rings is 1. The van der Waals surface area contributed by atoms with E-state index in [4.69, 9.17) is 4.74 Å². The van der Waals surface area contributed by atoms with E-state index < -0.39 is 12.1 Å². The first-order valence-electron chi connectivity index (χ1n) is 10.8. The van der Waals surface area contributed by atoms with Gasteiger partial charge >= 0.3 is 5.97 Å². The van der Waals surface area contributed by atoms with Crippen molar-refractivity contribution in [2.45, 2.75) is 11.5 Å². The molecule has 0 spiro atoms. The number of thioether (sulfide) groups is 1. The van der Waals surface area contributed by atoms with Crippen molar-refractivity contribution in [2.24, 2.45) is 0 Å². The van der Waals surface area contributed by atoms with Crippen molar-refractivity contribution in [3.8, 4) is 0 Å². The molecule has 5 rings (SSSR count). The molecule has 1 saturated heterocycles. The highest BCUT2D eigenvalue weighted by Gasteiger charge is 2.50. The molecule has 3 heterocycles. The summed E-state index contributed by atoms with van der Waals surface area (Å²) in [4.78, 5) is 32.6. The molecule has 0 N–H and O–H groups in total. The van der Waals surface area contributed by atoms with E-state index in [9.17, 15) is 9.59 Å². The lowest BCUT2D eigenvalue weighted by Crippen LogP contribution is -2.56. The van der Waals surface area contributed by atoms with Crippen LogP contribution in [0.4, 0.5) is 0 Å². The lowest BCUT2D eigenvalue weighted by atomic mass is 10.00. The molecule has 7 heteroatoms. The number of carbonyl (C=O) groups excluding carboxylic acids is 2. The Morgan fingerprint density at radius 3 is 2.29 bits per heavy atom. The third kappa shape index (κ3) is 4.33. The summed E-state index contributed by atoms with van der Waals surface area (Å²) in [7, 11) is 0. The van der Waals surface area contributed by atoms with Gasteiger partial charge in [0.1, 0.15) is 11.1 Å². The normalized spacial score (nSPS) is 18.6. The Hall–Kier alpha value is -3.16. The second-order valence-electron chi connectivity index (χ2n) is 7.89. The van der Waals surface area contributed by atoms with E-state index in [0.29, 0.717) is 22.4 Å². The number of rotatable bonds is 6. The van der Waals surface area contributed by atoms with Gasteiger partial charge in [0.2, 0.25) is 0 Å². The predicted molar refractivity (Wildman–Crippen MR) is 137 cm³/mol. The van der Waals surface area contributed by atoms with Crippen LogP contribution >= 0.6 is 27.7 Å². The van der Waals surface area contributed by atoms with Gasteiger partial charge in [-0.05, 0) is 34.9 Å². The summed E-state index contributed by atoms with van der Waals surface area (Å²) in [6.45, 7) is 0. The minimum absolute atomic E-state index is 0.191. The molecule has 1 atom stereocenters. The van der Waals surface area contributed by atoms with Gasteiger partial charge in [-0.25, -0.2) is 4.79 Å². The summed E-state index contributed by atoms with van der Waals surface area (Å²) in [6.07, 6.45) is 2.92. The highest BCUT2D eigenvalue weighted by atomic mass is 79.9. The number of fused-ring (bicyclic) bond motifs is 1. The van der Waals surface area contributed by atoms with Gasteiger partial charge in [0.15, 0.2) is 6.10 Å². The number of carbonyl (C=O) groups is 2. The lowest BCUT2D eigenvalue weighted by molar-refractivity contribution is -0.149. The third-order valence-corrected chi connectivity index (χ3v) is 7.71. The van der Waals surface area contributed by atoms with Crippen LogP contribution in [0.1, 0.15) is 22.9 Å². The van der Waals surface area contributed by atoms with Crippen molar-refractivity contribution < 1.29 is 14.3 Å². The van der Waals surface area contributed by atoms with E-state index in [1.165, 1.54) is 0 Å². The van der Waals surface area contributed by atoms with Crippen LogP contribution < -0.4 is 0 Å². The van der Waals surface area contributed by atoms with Gasteiger partial charge < -0.3 is 4.74 Å². The van der Waals surface area contributed by atoms with Gasteiger partial charge in [-0.1, -0.05) is 82.7 Å². The lowest BCUT2D eigenvalue weighted by Gasteiger charge is -2.46. The van der Waals surface area contributed by atoms with Crippen molar-refractivity contribution in [1.82, 2.24) is 9.88 Å². The zero-order valence-corrected chi connectivity index (χ0v) is 20.5. The van der Waals surface area contributed by atoms with E-state index in [2.05, 4.69) is 20.9 Å². The quantitative estimate of drug-likeness (QED) is 0.185. The van der Waals surface area contributed by atoms with Crippen LogP contribution in [0, 0.1) is 0 Å². The van der Waals surface area contributed by atoms with Crippen LogP contribution in [-0.2, 0) is 14.3 Å². The van der Waals surface area contributed by atoms with Crippen molar-refractivity contribution in [1.29, 1.82) is 0 Å². The molecule has 5 nitrogen and oxygen atoms in total. The topological polar surface area (TPSA) is 59.5 Å². The molecule has 2 aliphatic heterocycles. The molecule has 34 heavy (non-hydrogen) atoms. The first kappa shape index (κ1) is 22.6. The van der Waals surface area contributed by atoms with Gasteiger partial charge in [0, 0.05) is 17.3 Å². The summed E-state index contributed by atoms with van der Waals surface area (Å²) < 4.78 is 6.10. The van der Waals surface area contributed by atoms with Gasteiger partial charge in [0.05, 0.1) is 11.3 Å². The molecule has 0 saturated carbocycles. The van der Waals surface area contributed by atoms with Crippen molar-refractivity contribution in [3.05, 3.63) is 119 Å². The standard InChI is InChI=1S/C27H21BrN2O3S/c28-16-20-17-34-26-22(15-21-13-7-8-14-29-21)25(31)30(26)23(20)27(32)33-24(18-9-3-1-4-10-18)19-11-5-2-6-12-19/h1-15,24,26H,16-17H2/b22-15-/t26-/m1/s1. The summed E-state index contributed by atoms with van der Waals surface area (Å²) in [6, 6.07) is 24.9. The maximum atomic E-state index is 13.6. The Kier molecular flexibility index (Phi) is 6.65. The van der Waals surface area contributed by atoms with E-state index in [1.807, 2.05) is 78.9 Å². The maximum absolute atomic E-state index is 13.6. The number of amides is 1. The molecular weight excluding hydrogens is 512 g/mol. The Bertz CT molecular complexity index is 1220. The summed E-state index contributed by atoms with van der Waals surface area (Å²) in [5.41, 5.74) is 4.28. The number of ether oxygens (including phenoxy) is 1. The molecule has 2 aliphatic rings. The fourth-order valence-corrected chi connectivity index (χ4v) is 6.09. The fraction of sp³-hybridized carbons (Fsp3) is 0.148. The van der Waals surface area contributed by atoms with Crippen molar-refractivity contribution in [3.63, 3.8) is 0 Å². The number of aromatic nitrogens is 1. The Labute approximate surface area is 210 Å². The SMILES string of the molecule is O=C(OC(c1ccccc1)c1ccccc1)C1=C(CBr)CS[C@@H]2/C(=C\c3ccccn3)C(=O)N12. The third-order valence-electron chi connectivity index (χ3n) is 5.73. The molecule has 170 valence electrons. The second-order valence-corrected chi connectivity index (χ2v) is 9.51. The van der Waals surface area contributed by atoms with Crippen LogP contribution in [0.25, 0.3) is 6.08 Å². The largest absolute Gasteiger partial charge is 0.448 e. The number of benzene rings is 2. The average molecular weight is 533 g/mol. The number of esters is 1. The second kappa shape index (κ2) is 9.99. The van der Waals surface area contributed by atoms with Gasteiger partial charge in [-0.3, -0.25) is 14.7 Å². The van der Waals surface area contributed by atoms with E-state index in [1.54, 1.807) is 28.9 Å². The van der Waals surface area contributed by atoms with Crippen LogP contribution in [0.15, 0.2) is 102 Å². The molecule has 0 unspecified atom stereocenters. The monoisotopic (exact) mass is 532 g/mol. The summed E-state index contributed by atoms with van der Waals surface area (Å²) in [5.74, 6) is -0.0581. The molecule has 1 aromatic heterocycles. The molecule has 2 aromatic carbocycles. The molecule has 1 fully saturated rings. The van der Waals surface area contributed by atoms with E-state index in [-0.39, 0.29) is 11.3 Å². The molecule has 0 radical (unpaired) electrons. The highest BCUT2D eigenvalue weighted by molar-refractivity contribution is 9.09. The number of alkyl halides is 1. The maximum Gasteiger partial charge on any atom is 0.356 e. The molecule has 0 aliphatic carbocycles. The number of nitrogens with zero attached hydrogens (tertiary/aromatic N) is 2. The number of hydrogen-bond acceptors (Lipinski definition) is 5. The van der Waals surface area contributed by atoms with E-state index in [0.717, 1.165) is 22.4 Å². The van der Waals surface area contributed by atoms with Crippen molar-refractivity contribution in [2.75, 3.05) is 11.1 Å². The molecule has 1 amide bonds. The van der Waals surface area contributed by atoms with Gasteiger partial charge in [-0.2, -0.15) is 0 Å². The van der Waals surface area contributed by atoms with Crippen molar-refractivity contribution >= 4 is 45.6 Å². The first-order chi connectivity index (χ1) is 16.7. The number of β-lactam (4-membered cyclic amide) rings is 1. The zero-order chi connectivity index (χ0) is 23.5. The van der Waals surface area contributed by atoms with Crippen LogP contribution in [0.5, 0.6) is 0 Å². The minimum Gasteiger partial charge on any atom is -0.448 e. The predicted octanol–water partition coefficient (Wildman–Crippen LogP) is 5.36. The molecule has 3 aromatic rings. The first-order valence-corrected chi connectivity index (χ1v) is 13.0. The highest BCUT2D eigenvalue weighted by Crippen LogP contribution is 2.45. The summed E-state index contributed by atoms with van der Waals surface area (Å²) >= 11 is 5.12. The van der Waals surface area contributed by atoms with E-state index >= 15 is 0 Å². The Morgan fingerprint density at radius 1 is 1.06 bits per heavy atom. The average Bonchev–Trinajstić information content (AvgIpc) is 2.90. The zero-order valence-electron chi connectivity index (χ0n) is 18.1. The molecule has 0 bridgehead atoms. The van der Waals surface area contributed by atoms with Crippen LogP contribution in [-0.4, -0.2) is 38.2 Å². The number of halogens is 1. The number of hydrogen-bond donors (Lipinski definition) is 0. The molecular formula is C27H21BrN2O3S. The fourth-order valence-electron chi connectivity index (χ4n) is 4.07. The Morgan fingerprint density at radius 2 is 1.71 bits per heavy atom. The van der Waals surface area contributed by atoms with Gasteiger partial charge in [0.25, 0.3) is 5.91 Å². The summed E-state index contributed by atoms with van der Waals surface area (Å²) in [5, 5.41) is 0.258. The van der Waals surface area contributed by atoms with Crippen LogP contribution in [0.3, 0.4) is 0 Å². The Balaban J connectivity index is 1.45. The van der Waals surface area contributed by atoms with Gasteiger partial charge in [-0.15, -0.1) is 11.8 Å².